The number of fused-ring (bicyclic) bond motifs is 1. The quantitative estimate of drug-likeness (QED) is 0.171. The summed E-state index contributed by atoms with van der Waals surface area (Å²) in [4.78, 5) is 30.9. The van der Waals surface area contributed by atoms with E-state index in [1.165, 1.54) is 23.9 Å². The summed E-state index contributed by atoms with van der Waals surface area (Å²) < 4.78 is 21.8. The van der Waals surface area contributed by atoms with E-state index in [2.05, 4.69) is 24.4 Å². The average molecular weight is 591 g/mol. The number of ether oxygens (including phenoxy) is 3. The molecule has 5 heterocycles. The topological polar surface area (TPSA) is 156 Å². The van der Waals surface area contributed by atoms with Crippen molar-refractivity contribution in [2.75, 3.05) is 31.2 Å². The van der Waals surface area contributed by atoms with Gasteiger partial charge in [0.05, 0.1) is 42.7 Å². The van der Waals surface area contributed by atoms with Crippen molar-refractivity contribution in [2.24, 2.45) is 0 Å². The first-order valence-corrected chi connectivity index (χ1v) is 14.8. The monoisotopic (exact) mass is 590 g/mol. The lowest BCUT2D eigenvalue weighted by molar-refractivity contribution is -0.397. The fraction of sp³-hybridized carbons (Fsp3) is 0.517. The first kappa shape index (κ1) is 27.5. The second-order valence-electron chi connectivity index (χ2n) is 11.6. The molecule has 0 amide bonds. The van der Waals surface area contributed by atoms with Crippen LogP contribution >= 0.6 is 0 Å². The Labute approximate surface area is 247 Å². The van der Waals surface area contributed by atoms with Crippen LogP contribution in [0.15, 0.2) is 43.2 Å². The van der Waals surface area contributed by atoms with Crippen molar-refractivity contribution in [2.45, 2.75) is 69.4 Å². The van der Waals surface area contributed by atoms with E-state index in [1.807, 2.05) is 18.6 Å². The van der Waals surface area contributed by atoms with Crippen LogP contribution < -0.4 is 14.4 Å². The van der Waals surface area contributed by atoms with E-state index in [-0.39, 0.29) is 29.5 Å². The number of imidazole rings is 2. The van der Waals surface area contributed by atoms with Gasteiger partial charge in [-0.25, -0.2) is 9.55 Å². The maximum absolute atomic E-state index is 11.6. The highest BCUT2D eigenvalue weighted by molar-refractivity contribution is 5.87. The summed E-state index contributed by atoms with van der Waals surface area (Å²) >= 11 is 0. The van der Waals surface area contributed by atoms with Crippen LogP contribution in [0.3, 0.4) is 0 Å². The van der Waals surface area contributed by atoms with Crippen LogP contribution in [-0.2, 0) is 10.5 Å². The van der Waals surface area contributed by atoms with E-state index >= 15 is 0 Å². The second kappa shape index (κ2) is 11.1. The van der Waals surface area contributed by atoms with E-state index < -0.39 is 10.7 Å². The zero-order chi connectivity index (χ0) is 29.6. The second-order valence-corrected chi connectivity index (χ2v) is 11.6. The molecular weight excluding hydrogens is 556 g/mol. The van der Waals surface area contributed by atoms with Crippen LogP contribution in [0.4, 0.5) is 11.8 Å². The molecule has 1 saturated heterocycles. The van der Waals surface area contributed by atoms with Gasteiger partial charge >= 0.3 is 5.95 Å². The number of pyridine rings is 2. The maximum Gasteiger partial charge on any atom is 0.435 e. The van der Waals surface area contributed by atoms with Crippen molar-refractivity contribution < 1.29 is 24.2 Å². The van der Waals surface area contributed by atoms with Gasteiger partial charge in [-0.3, -0.25) is 4.98 Å². The minimum Gasteiger partial charge on any atom is -0.474 e. The minimum atomic E-state index is -1.90. The molecule has 14 heteroatoms. The predicted octanol–water partition coefficient (Wildman–Crippen LogP) is 3.91. The summed E-state index contributed by atoms with van der Waals surface area (Å²) in [5.41, 5.74) is 0.901. The highest BCUT2D eigenvalue weighted by Gasteiger charge is 2.43. The van der Waals surface area contributed by atoms with Crippen LogP contribution in [0.2, 0.25) is 0 Å². The smallest absolute Gasteiger partial charge is 0.435 e. The third kappa shape index (κ3) is 5.59. The normalized spacial score (nSPS) is 22.3. The van der Waals surface area contributed by atoms with Gasteiger partial charge in [0.25, 0.3) is 5.79 Å². The summed E-state index contributed by atoms with van der Waals surface area (Å²) in [6.07, 6.45) is 13.7. The Morgan fingerprint density at radius 2 is 1.84 bits per heavy atom. The molecule has 2 saturated carbocycles. The lowest BCUT2D eigenvalue weighted by atomic mass is 9.93. The molecule has 3 fully saturated rings. The molecule has 1 atom stereocenters. The third-order valence-corrected chi connectivity index (χ3v) is 8.45. The molecule has 0 spiro atoms. The number of hydrogen-bond acceptors (Lipinski definition) is 11. The average Bonchev–Trinajstić information content (AvgIpc) is 3.49. The van der Waals surface area contributed by atoms with Crippen molar-refractivity contribution in [3.8, 4) is 11.6 Å². The van der Waals surface area contributed by atoms with E-state index in [0.29, 0.717) is 36.0 Å². The number of aromatic nitrogens is 6. The van der Waals surface area contributed by atoms with Gasteiger partial charge in [0.15, 0.2) is 5.69 Å². The summed E-state index contributed by atoms with van der Waals surface area (Å²) in [5.74, 6) is -0.699. The third-order valence-electron chi connectivity index (χ3n) is 8.45. The standard InChI is InChI=1S/C29H34N8O6/c1-29(38,25-17-32-28(37(39)40)36(25)20-2-3-20)43-22-14-23-24(31-16-22)15-26(34-10-12-41-13-11-34)33-27(23)42-21-6-4-19(5-7-21)35-9-8-30-18-35/h8-9,14-21,38H,2-7,10-13H2,1H3. The van der Waals surface area contributed by atoms with Crippen molar-refractivity contribution in [3.05, 3.63) is 59.1 Å². The van der Waals surface area contributed by atoms with Crippen LogP contribution in [0.1, 0.15) is 63.2 Å². The number of nitrogens with zero attached hydrogens (tertiary/aromatic N) is 8. The zero-order valence-corrected chi connectivity index (χ0v) is 23.9. The molecule has 0 aromatic carbocycles. The summed E-state index contributed by atoms with van der Waals surface area (Å²) in [6, 6.07) is 3.99. The fourth-order valence-corrected chi connectivity index (χ4v) is 6.07. The SMILES string of the molecule is CC(O)(Oc1cnc2cc(N3CCOCC3)nc(OC3CCC(n4ccnc4)CC3)c2c1)c1cnc([N+](=O)[O-])n1C1CC1. The van der Waals surface area contributed by atoms with Crippen LogP contribution in [-0.4, -0.2) is 71.5 Å². The summed E-state index contributed by atoms with van der Waals surface area (Å²) in [7, 11) is 0. The van der Waals surface area contributed by atoms with Gasteiger partial charge in [-0.2, -0.15) is 4.98 Å². The fourth-order valence-electron chi connectivity index (χ4n) is 6.07. The van der Waals surface area contributed by atoms with E-state index in [0.717, 1.165) is 57.4 Å². The number of aliphatic hydroxyl groups is 1. The highest BCUT2D eigenvalue weighted by Crippen LogP contribution is 2.42. The number of nitro groups is 1. The summed E-state index contributed by atoms with van der Waals surface area (Å²) in [5, 5.41) is 23.6. The molecule has 226 valence electrons. The molecular formula is C29H34N8O6. The van der Waals surface area contributed by atoms with Gasteiger partial charge in [0, 0.05) is 44.5 Å². The Morgan fingerprint density at radius 3 is 2.53 bits per heavy atom. The molecule has 7 rings (SSSR count). The molecule has 3 aliphatic rings. The highest BCUT2D eigenvalue weighted by atomic mass is 16.6. The lowest BCUT2D eigenvalue weighted by Gasteiger charge is -2.31. The molecule has 4 aromatic heterocycles. The van der Waals surface area contributed by atoms with Gasteiger partial charge in [-0.05, 0) is 49.5 Å². The molecule has 4 aromatic rings. The van der Waals surface area contributed by atoms with Crippen LogP contribution in [0.5, 0.6) is 11.6 Å². The molecule has 1 unspecified atom stereocenters. The molecule has 0 bridgehead atoms. The van der Waals surface area contributed by atoms with Crippen molar-refractivity contribution >= 4 is 22.7 Å². The van der Waals surface area contributed by atoms with Gasteiger partial charge in [-0.15, -0.1) is 0 Å². The predicted molar refractivity (Wildman–Crippen MR) is 154 cm³/mol. The molecule has 1 N–H and O–H groups in total. The number of hydrogen-bond donors (Lipinski definition) is 1. The number of rotatable bonds is 9. The maximum atomic E-state index is 11.6. The lowest BCUT2D eigenvalue weighted by Crippen LogP contribution is -2.36. The van der Waals surface area contributed by atoms with Crippen molar-refractivity contribution in [1.29, 1.82) is 0 Å². The summed E-state index contributed by atoms with van der Waals surface area (Å²) in [6.45, 7) is 4.14. The van der Waals surface area contributed by atoms with Crippen LogP contribution in [0, 0.1) is 10.1 Å². The molecule has 2 aliphatic carbocycles. The van der Waals surface area contributed by atoms with Gasteiger partial charge in [0.1, 0.15) is 23.9 Å². The van der Waals surface area contributed by atoms with E-state index in [1.54, 1.807) is 12.3 Å². The Hall–Kier alpha value is -4.30. The molecule has 43 heavy (non-hydrogen) atoms. The first-order chi connectivity index (χ1) is 20.9. The first-order valence-electron chi connectivity index (χ1n) is 14.8. The molecule has 0 radical (unpaired) electrons. The van der Waals surface area contributed by atoms with E-state index in [4.69, 9.17) is 19.2 Å². The van der Waals surface area contributed by atoms with Crippen molar-refractivity contribution in [1.82, 2.24) is 29.1 Å². The Kier molecular flexibility index (Phi) is 7.09. The Morgan fingerprint density at radius 1 is 1.07 bits per heavy atom. The zero-order valence-electron chi connectivity index (χ0n) is 23.9. The molecule has 14 nitrogen and oxygen atoms in total. The van der Waals surface area contributed by atoms with Crippen LogP contribution in [0.25, 0.3) is 10.9 Å². The van der Waals surface area contributed by atoms with Gasteiger partial charge in [-0.1, -0.05) is 4.98 Å². The van der Waals surface area contributed by atoms with Gasteiger partial charge < -0.3 is 38.9 Å². The Bertz CT molecular complexity index is 1600. The molecule has 1 aliphatic heterocycles. The minimum absolute atomic E-state index is 0.0171. The largest absolute Gasteiger partial charge is 0.474 e. The van der Waals surface area contributed by atoms with Gasteiger partial charge in [0.2, 0.25) is 5.88 Å². The number of anilines is 1. The number of morpholine rings is 1. The Balaban J connectivity index is 1.18. The van der Waals surface area contributed by atoms with Crippen molar-refractivity contribution in [3.63, 3.8) is 0 Å². The van der Waals surface area contributed by atoms with E-state index in [9.17, 15) is 15.2 Å².